The summed E-state index contributed by atoms with van der Waals surface area (Å²) in [6, 6.07) is -0.571. The van der Waals surface area contributed by atoms with Crippen LogP contribution < -0.4 is 0 Å². The van der Waals surface area contributed by atoms with E-state index in [0.29, 0.717) is 0 Å². The summed E-state index contributed by atoms with van der Waals surface area (Å²) < 4.78 is 64.6. The van der Waals surface area contributed by atoms with E-state index in [-0.39, 0.29) is 51.6 Å². The highest BCUT2D eigenvalue weighted by Gasteiger charge is 2.40. The zero-order valence-corrected chi connectivity index (χ0v) is 19.9. The van der Waals surface area contributed by atoms with Crippen LogP contribution in [0.5, 0.6) is 0 Å². The van der Waals surface area contributed by atoms with E-state index in [4.69, 9.17) is 40.5 Å². The third-order valence-corrected chi connectivity index (χ3v) is 6.70. The van der Waals surface area contributed by atoms with Crippen molar-refractivity contribution < 1.29 is 55.7 Å². The number of ether oxygens (including phenoxy) is 1. The lowest BCUT2D eigenvalue weighted by Crippen LogP contribution is -2.28. The van der Waals surface area contributed by atoms with Crippen LogP contribution in [0.3, 0.4) is 0 Å². The van der Waals surface area contributed by atoms with Crippen molar-refractivity contribution in [2.24, 2.45) is 5.92 Å². The molecular weight excluding hydrogens is 464 g/mol. The van der Waals surface area contributed by atoms with Gasteiger partial charge in [0.2, 0.25) is 0 Å². The molecule has 12 nitrogen and oxygen atoms in total. The molecule has 0 amide bonds. The number of phosphoric ester groups is 2. The Hall–Kier alpha value is 0.395. The Bertz CT molecular complexity index is 656. The third-order valence-electron chi connectivity index (χ3n) is 3.83. The van der Waals surface area contributed by atoms with E-state index in [0.717, 1.165) is 0 Å². The van der Waals surface area contributed by atoms with Crippen molar-refractivity contribution in [2.75, 3.05) is 33.1 Å². The molecule has 1 saturated heterocycles. The van der Waals surface area contributed by atoms with E-state index in [1.54, 1.807) is 0 Å². The predicted octanol–water partition coefficient (Wildman–Crippen LogP) is 2.17. The van der Waals surface area contributed by atoms with Crippen LogP contribution in [-0.2, 0) is 41.1 Å². The van der Waals surface area contributed by atoms with Crippen molar-refractivity contribution in [3.8, 4) is 0 Å². The highest BCUT2D eigenvalue weighted by molar-refractivity contribution is 7.53. The molecule has 3 N–H and O–H groups in total. The lowest BCUT2D eigenvalue weighted by molar-refractivity contribution is -0.00175. The van der Waals surface area contributed by atoms with E-state index in [9.17, 15) is 18.6 Å². The van der Waals surface area contributed by atoms with E-state index in [1.807, 2.05) is 13.8 Å². The quantitative estimate of drug-likeness (QED) is 0.173. The maximum absolute atomic E-state index is 12.1. The second-order valence-corrected chi connectivity index (χ2v) is 11.7. The molecule has 1 aliphatic heterocycles. The summed E-state index contributed by atoms with van der Waals surface area (Å²) in [5, 5.41) is 0. The molecule has 1 fully saturated rings. The summed E-state index contributed by atoms with van der Waals surface area (Å²) in [4.78, 5) is 26.9. The summed E-state index contributed by atoms with van der Waals surface area (Å²) in [5.41, 5.74) is 0. The molecule has 0 aromatic carbocycles. The Morgan fingerprint density at radius 2 is 1.47 bits per heavy atom. The molecule has 5 unspecified atom stereocenters. The molecular formula is C14H30BO12P3. The van der Waals surface area contributed by atoms with Gasteiger partial charge in [-0.15, -0.1) is 0 Å². The van der Waals surface area contributed by atoms with Gasteiger partial charge >= 0.3 is 23.2 Å². The summed E-state index contributed by atoms with van der Waals surface area (Å²) in [6.45, 7) is 4.39. The van der Waals surface area contributed by atoms with Gasteiger partial charge in [-0.1, -0.05) is 13.8 Å². The molecule has 1 heterocycles. The largest absolute Gasteiger partial charge is 0.472 e. The minimum Gasteiger partial charge on any atom is -0.382 e. The van der Waals surface area contributed by atoms with E-state index in [1.165, 1.54) is 6.66 Å². The van der Waals surface area contributed by atoms with Crippen molar-refractivity contribution in [1.29, 1.82) is 0 Å². The minimum atomic E-state index is -4.54. The zero-order valence-electron chi connectivity index (χ0n) is 17.2. The molecule has 0 aromatic heterocycles. The molecule has 1 aliphatic rings. The fourth-order valence-corrected chi connectivity index (χ4v) is 4.91. The average molecular weight is 494 g/mol. The van der Waals surface area contributed by atoms with Gasteiger partial charge in [-0.3, -0.25) is 18.1 Å². The topological polar surface area (TPSA) is 167 Å². The van der Waals surface area contributed by atoms with Crippen LogP contribution in [0.25, 0.3) is 0 Å². The average Bonchev–Trinajstić information content (AvgIpc) is 2.92. The fraction of sp³-hybridized carbons (Fsp3) is 1.00. The first-order valence-corrected chi connectivity index (χ1v) is 14.4. The first-order chi connectivity index (χ1) is 13.7. The highest BCUT2D eigenvalue weighted by atomic mass is 31.2. The maximum atomic E-state index is 12.1. The monoisotopic (exact) mass is 494 g/mol. The molecule has 16 heteroatoms. The van der Waals surface area contributed by atoms with Gasteiger partial charge in [0.05, 0.1) is 38.6 Å². The Balaban J connectivity index is 2.23. The van der Waals surface area contributed by atoms with Crippen LogP contribution in [-0.4, -0.2) is 73.8 Å². The third kappa shape index (κ3) is 12.4. The Morgan fingerprint density at radius 3 is 1.97 bits per heavy atom. The Morgan fingerprint density at radius 1 is 0.967 bits per heavy atom. The van der Waals surface area contributed by atoms with Crippen molar-refractivity contribution >= 4 is 31.1 Å². The van der Waals surface area contributed by atoms with Gasteiger partial charge in [0.25, 0.3) is 0 Å². The molecule has 0 spiro atoms. The molecule has 2 radical (unpaired) electrons. The van der Waals surface area contributed by atoms with Crippen LogP contribution in [0.1, 0.15) is 33.1 Å². The van der Waals surface area contributed by atoms with Gasteiger partial charge in [0.15, 0.2) is 0 Å². The van der Waals surface area contributed by atoms with Crippen LogP contribution in [0.2, 0.25) is 0 Å². The van der Waals surface area contributed by atoms with Gasteiger partial charge in [-0.2, -0.15) is 0 Å². The van der Waals surface area contributed by atoms with Crippen molar-refractivity contribution in [3.05, 3.63) is 0 Å². The summed E-state index contributed by atoms with van der Waals surface area (Å²) >= 11 is 0. The fourth-order valence-electron chi connectivity index (χ4n) is 2.58. The highest BCUT2D eigenvalue weighted by Crippen LogP contribution is 2.48. The molecule has 0 bridgehead atoms. The second kappa shape index (κ2) is 12.6. The van der Waals surface area contributed by atoms with Gasteiger partial charge in [-0.05, 0) is 25.2 Å². The molecule has 30 heavy (non-hydrogen) atoms. The Kier molecular flexibility index (Phi) is 11.9. The summed E-state index contributed by atoms with van der Waals surface area (Å²) in [5.74, 6) is 0.0407. The van der Waals surface area contributed by atoms with Crippen molar-refractivity contribution in [3.63, 3.8) is 0 Å². The van der Waals surface area contributed by atoms with Crippen LogP contribution in [0.4, 0.5) is 0 Å². The number of phosphoric acid groups is 2. The van der Waals surface area contributed by atoms with Crippen molar-refractivity contribution in [2.45, 2.75) is 51.3 Å². The molecule has 1 rings (SSSR count). The van der Waals surface area contributed by atoms with Crippen molar-refractivity contribution in [1.82, 2.24) is 0 Å². The molecule has 0 saturated carbocycles. The van der Waals surface area contributed by atoms with Crippen LogP contribution in [0.15, 0.2) is 0 Å². The molecule has 176 valence electrons. The predicted molar refractivity (Wildman–Crippen MR) is 107 cm³/mol. The van der Waals surface area contributed by atoms with E-state index < -0.39 is 41.5 Å². The smallest absolute Gasteiger partial charge is 0.382 e. The van der Waals surface area contributed by atoms with Gasteiger partial charge in [0.1, 0.15) is 7.85 Å². The van der Waals surface area contributed by atoms with E-state index in [2.05, 4.69) is 4.52 Å². The maximum Gasteiger partial charge on any atom is 0.472 e. The molecule has 5 atom stereocenters. The minimum absolute atomic E-state index is 0.0407. The van der Waals surface area contributed by atoms with Crippen LogP contribution in [0, 0.1) is 5.92 Å². The Labute approximate surface area is 177 Å². The van der Waals surface area contributed by atoms with Gasteiger partial charge in [0, 0.05) is 12.7 Å². The van der Waals surface area contributed by atoms with Gasteiger partial charge < -0.3 is 28.5 Å². The molecule has 0 aliphatic carbocycles. The molecule has 0 aromatic rings. The lowest BCUT2D eigenvalue weighted by Gasteiger charge is -2.24. The van der Waals surface area contributed by atoms with Gasteiger partial charge in [-0.25, -0.2) is 9.13 Å². The van der Waals surface area contributed by atoms with E-state index >= 15 is 0 Å². The lowest BCUT2D eigenvalue weighted by atomic mass is 9.94. The normalized spacial score (nSPS) is 26.6. The SMILES string of the molecule is [B]C1CC(OP(=O)(O)OCCCOP(C)(=O)OCCCOP(=O)(O)O)C(C(C)C)O1. The summed E-state index contributed by atoms with van der Waals surface area (Å²) in [6.07, 6.45) is -0.555. The second-order valence-electron chi connectivity index (χ2n) is 7.03. The first kappa shape index (κ1) is 28.4. The standard InChI is InChI=1S/C14H30BO12P3/c1-11(2)14-12(10-13(15)26-14)27-30(20,21)25-9-5-7-23-28(3,16)22-6-4-8-24-29(17,18)19/h11-14H,4-10H2,1-3H3,(H,20,21)(H2,17,18,19). The number of rotatable bonds is 15. The number of hydrogen-bond acceptors (Lipinski definition) is 9. The summed E-state index contributed by atoms with van der Waals surface area (Å²) in [7, 11) is -6.57. The number of hydrogen-bond donors (Lipinski definition) is 3. The zero-order chi connectivity index (χ0) is 23.0. The van der Waals surface area contributed by atoms with Crippen LogP contribution >= 0.6 is 23.2 Å². The first-order valence-electron chi connectivity index (χ1n) is 9.34.